The van der Waals surface area contributed by atoms with E-state index in [2.05, 4.69) is 96.1 Å². The zero-order valence-electron chi connectivity index (χ0n) is 21.3. The van der Waals surface area contributed by atoms with Gasteiger partial charge in [0.2, 0.25) is 0 Å². The zero-order chi connectivity index (χ0) is 24.5. The third kappa shape index (κ3) is 3.56. The number of nitrogens with zero attached hydrogens (tertiary/aromatic N) is 1. The second kappa shape index (κ2) is 7.93. The van der Waals surface area contributed by atoms with Gasteiger partial charge in [-0.1, -0.05) is 58.9 Å². The van der Waals surface area contributed by atoms with E-state index in [1.165, 1.54) is 42.2 Å². The van der Waals surface area contributed by atoms with Crippen LogP contribution in [0, 0.1) is 12.8 Å². The minimum absolute atomic E-state index is 0.0174. The Morgan fingerprint density at radius 1 is 0.943 bits per heavy atom. The van der Waals surface area contributed by atoms with Gasteiger partial charge < -0.3 is 4.42 Å². The van der Waals surface area contributed by atoms with Crippen LogP contribution in [0.25, 0.3) is 54.1 Å². The normalized spacial score (nSPS) is 12.7. The van der Waals surface area contributed by atoms with Gasteiger partial charge in [-0.25, -0.2) is 0 Å². The molecule has 6 rings (SSSR count). The number of hydrogen-bond acceptors (Lipinski definition) is 3. The molecule has 0 atom stereocenters. The van der Waals surface area contributed by atoms with Gasteiger partial charge in [-0.3, -0.25) is 4.98 Å². The van der Waals surface area contributed by atoms with Gasteiger partial charge in [0.05, 0.1) is 0 Å². The summed E-state index contributed by atoms with van der Waals surface area (Å²) in [5.74, 6) is 0.602. The van der Waals surface area contributed by atoms with Crippen LogP contribution >= 0.6 is 11.3 Å². The molecule has 0 N–H and O–H groups in total. The molecule has 0 radical (unpaired) electrons. The van der Waals surface area contributed by atoms with Gasteiger partial charge in [-0.15, -0.1) is 11.3 Å². The Bertz CT molecular complexity index is 1740. The predicted molar refractivity (Wildman–Crippen MR) is 152 cm³/mol. The van der Waals surface area contributed by atoms with Gasteiger partial charge in [-0.2, -0.15) is 0 Å². The van der Waals surface area contributed by atoms with Gasteiger partial charge in [0, 0.05) is 37.5 Å². The summed E-state index contributed by atoms with van der Waals surface area (Å²) in [5.41, 5.74) is 6.66. The largest absolute Gasteiger partial charge is 0.454 e. The van der Waals surface area contributed by atoms with Crippen LogP contribution in [-0.4, -0.2) is 4.98 Å². The van der Waals surface area contributed by atoms with E-state index in [1.54, 1.807) is 0 Å². The highest BCUT2D eigenvalue weighted by molar-refractivity contribution is 7.19. The van der Waals surface area contributed by atoms with Crippen molar-refractivity contribution in [2.45, 2.75) is 53.4 Å². The number of benzene rings is 3. The van der Waals surface area contributed by atoms with Gasteiger partial charge in [-0.05, 0) is 76.9 Å². The predicted octanol–water partition coefficient (Wildman–Crippen LogP) is 9.82. The lowest BCUT2D eigenvalue weighted by atomic mass is 9.82. The highest BCUT2D eigenvalue weighted by atomic mass is 32.1. The number of rotatable bonds is 3. The first-order valence-electron chi connectivity index (χ1n) is 12.5. The Morgan fingerprint density at radius 2 is 1.74 bits per heavy atom. The molecule has 2 nitrogen and oxygen atoms in total. The Kier molecular flexibility index (Phi) is 5.05. The molecule has 0 spiro atoms. The van der Waals surface area contributed by atoms with E-state index in [0.29, 0.717) is 5.92 Å². The summed E-state index contributed by atoms with van der Waals surface area (Å²) in [6.07, 6.45) is 3.02. The molecule has 0 bridgehead atoms. The molecule has 0 unspecified atom stereocenters. The summed E-state index contributed by atoms with van der Waals surface area (Å²) in [5, 5.41) is 6.29. The van der Waals surface area contributed by atoms with E-state index in [0.717, 1.165) is 34.2 Å². The number of thiophene rings is 1. The average molecular weight is 478 g/mol. The monoisotopic (exact) mass is 477 g/mol. The summed E-state index contributed by atoms with van der Waals surface area (Å²) in [4.78, 5) is 6.28. The number of pyridine rings is 1. The molecule has 3 aromatic heterocycles. The number of hydrogen-bond donors (Lipinski definition) is 0. The molecule has 0 saturated heterocycles. The van der Waals surface area contributed by atoms with E-state index in [-0.39, 0.29) is 5.41 Å². The molecule has 3 aromatic carbocycles. The smallest absolute Gasteiger partial charge is 0.161 e. The number of fused-ring (bicyclic) bond motifs is 6. The minimum Gasteiger partial charge on any atom is -0.454 e. The van der Waals surface area contributed by atoms with Crippen molar-refractivity contribution in [2.75, 3.05) is 0 Å². The molecule has 0 aliphatic carbocycles. The summed E-state index contributed by atoms with van der Waals surface area (Å²) < 4.78 is 7.94. The van der Waals surface area contributed by atoms with E-state index >= 15 is 0 Å². The second-order valence-electron chi connectivity index (χ2n) is 11.2. The zero-order valence-corrected chi connectivity index (χ0v) is 22.1. The third-order valence-electron chi connectivity index (χ3n) is 7.06. The molecule has 0 aliphatic rings. The molecule has 0 fully saturated rings. The van der Waals surface area contributed by atoms with Crippen LogP contribution in [0.1, 0.15) is 50.6 Å². The Labute approximate surface area is 210 Å². The third-order valence-corrected chi connectivity index (χ3v) is 8.17. The minimum atomic E-state index is 0.0174. The van der Waals surface area contributed by atoms with Gasteiger partial charge in [0.15, 0.2) is 5.58 Å². The van der Waals surface area contributed by atoms with Gasteiger partial charge >= 0.3 is 0 Å². The fourth-order valence-electron chi connectivity index (χ4n) is 5.49. The van der Waals surface area contributed by atoms with Crippen LogP contribution in [0.3, 0.4) is 0 Å². The van der Waals surface area contributed by atoms with Gasteiger partial charge in [0.25, 0.3) is 0 Å². The van der Waals surface area contributed by atoms with Crippen molar-refractivity contribution in [3.63, 3.8) is 0 Å². The van der Waals surface area contributed by atoms with Crippen LogP contribution in [-0.2, 0) is 11.8 Å². The maximum absolute atomic E-state index is 6.60. The lowest BCUT2D eigenvalue weighted by Gasteiger charge is -2.22. The van der Waals surface area contributed by atoms with Crippen molar-refractivity contribution in [1.29, 1.82) is 0 Å². The molecule has 0 saturated carbocycles. The SMILES string of the molecule is Cc1sc2ccc3oc4c(-c5cc(C(C)(C)C)c6ccccc6c5)nccc4c3c2c1CC(C)C. The molecule has 35 heavy (non-hydrogen) atoms. The van der Waals surface area contributed by atoms with Crippen molar-refractivity contribution in [3.05, 3.63) is 76.8 Å². The maximum Gasteiger partial charge on any atom is 0.161 e. The van der Waals surface area contributed by atoms with Gasteiger partial charge in [0.1, 0.15) is 11.3 Å². The number of furan rings is 1. The lowest BCUT2D eigenvalue weighted by Crippen LogP contribution is -2.12. The van der Waals surface area contributed by atoms with Crippen molar-refractivity contribution in [3.8, 4) is 11.3 Å². The second-order valence-corrected chi connectivity index (χ2v) is 12.4. The highest BCUT2D eigenvalue weighted by Crippen LogP contribution is 2.44. The average Bonchev–Trinajstić information content (AvgIpc) is 3.34. The first-order chi connectivity index (χ1) is 16.7. The Balaban J connectivity index is 1.68. The van der Waals surface area contributed by atoms with E-state index in [9.17, 15) is 0 Å². The molecule has 0 amide bonds. The van der Waals surface area contributed by atoms with Crippen LogP contribution in [0.15, 0.2) is 65.2 Å². The van der Waals surface area contributed by atoms with E-state index in [4.69, 9.17) is 9.40 Å². The Hall–Kier alpha value is -3.17. The summed E-state index contributed by atoms with van der Waals surface area (Å²) in [7, 11) is 0. The molecular weight excluding hydrogens is 446 g/mol. The van der Waals surface area contributed by atoms with Crippen molar-refractivity contribution in [2.24, 2.45) is 5.92 Å². The first kappa shape index (κ1) is 22.3. The van der Waals surface area contributed by atoms with Crippen LogP contribution in [0.4, 0.5) is 0 Å². The maximum atomic E-state index is 6.60. The van der Waals surface area contributed by atoms with Crippen molar-refractivity contribution >= 4 is 54.1 Å². The molecule has 6 aromatic rings. The summed E-state index contributed by atoms with van der Waals surface area (Å²) in [6, 6.07) is 19.7. The lowest BCUT2D eigenvalue weighted by molar-refractivity contribution is 0.596. The summed E-state index contributed by atoms with van der Waals surface area (Å²) in [6.45, 7) is 13.7. The van der Waals surface area contributed by atoms with E-state index < -0.39 is 0 Å². The first-order valence-corrected chi connectivity index (χ1v) is 13.3. The van der Waals surface area contributed by atoms with Crippen molar-refractivity contribution < 1.29 is 4.42 Å². The molecule has 3 heteroatoms. The number of aryl methyl sites for hydroxylation is 1. The van der Waals surface area contributed by atoms with Crippen LogP contribution in [0.5, 0.6) is 0 Å². The van der Waals surface area contributed by atoms with Crippen LogP contribution < -0.4 is 0 Å². The quantitative estimate of drug-likeness (QED) is 0.253. The molecular formula is C32H31NOS. The standard InChI is InChI=1S/C32H31NOS/c1-18(2)15-24-19(3)35-27-12-11-26-28(29(24)27)23-13-14-33-30(31(23)34-26)21-16-20-9-7-8-10-22(20)25(17-21)32(4,5)6/h7-14,16-18H,15H2,1-6H3. The van der Waals surface area contributed by atoms with E-state index in [1.807, 2.05) is 17.5 Å². The topological polar surface area (TPSA) is 26.0 Å². The Morgan fingerprint density at radius 3 is 2.51 bits per heavy atom. The molecule has 176 valence electrons. The highest BCUT2D eigenvalue weighted by Gasteiger charge is 2.22. The number of aromatic nitrogens is 1. The fraction of sp³-hybridized carbons (Fsp3) is 0.281. The fourth-order valence-corrected chi connectivity index (χ4v) is 6.59. The molecule has 3 heterocycles. The van der Waals surface area contributed by atoms with Crippen LogP contribution in [0.2, 0.25) is 0 Å². The summed E-state index contributed by atoms with van der Waals surface area (Å²) >= 11 is 1.90. The molecule has 0 aliphatic heterocycles. The van der Waals surface area contributed by atoms with Crippen molar-refractivity contribution in [1.82, 2.24) is 4.98 Å².